The molecular formula is C20H24N4O2S. The van der Waals surface area contributed by atoms with E-state index in [2.05, 4.69) is 37.2 Å². The number of ether oxygens (including phenoxy) is 2. The summed E-state index contributed by atoms with van der Waals surface area (Å²) in [6, 6.07) is 12.8. The van der Waals surface area contributed by atoms with Gasteiger partial charge in [0, 0.05) is 30.9 Å². The summed E-state index contributed by atoms with van der Waals surface area (Å²) in [7, 11) is 3.32. The Balaban J connectivity index is 1.40. The summed E-state index contributed by atoms with van der Waals surface area (Å²) in [5.41, 5.74) is 4.33. The van der Waals surface area contributed by atoms with Gasteiger partial charge in [-0.15, -0.1) is 0 Å². The first-order valence-electron chi connectivity index (χ1n) is 9.17. The fraction of sp³-hybridized carbons (Fsp3) is 0.400. The molecule has 7 heteroatoms. The number of hydrogen-bond donors (Lipinski definition) is 1. The summed E-state index contributed by atoms with van der Waals surface area (Å²) >= 11 is 1.27. The average molecular weight is 385 g/mol. The lowest BCUT2D eigenvalue weighted by Gasteiger charge is -2.33. The number of rotatable bonds is 6. The van der Waals surface area contributed by atoms with Gasteiger partial charge in [-0.25, -0.2) is 0 Å². The summed E-state index contributed by atoms with van der Waals surface area (Å²) in [6.45, 7) is 3.08. The van der Waals surface area contributed by atoms with Crippen molar-refractivity contribution in [3.8, 4) is 11.5 Å². The molecule has 27 heavy (non-hydrogen) atoms. The predicted octanol–water partition coefficient (Wildman–Crippen LogP) is 3.79. The van der Waals surface area contributed by atoms with E-state index in [0.717, 1.165) is 47.9 Å². The maximum Gasteiger partial charge on any atom is 0.162 e. The third kappa shape index (κ3) is 4.14. The Morgan fingerprint density at radius 2 is 1.93 bits per heavy atom. The van der Waals surface area contributed by atoms with Gasteiger partial charge in [0.05, 0.1) is 25.9 Å². The molecule has 142 valence electrons. The van der Waals surface area contributed by atoms with Crippen molar-refractivity contribution in [2.75, 3.05) is 32.6 Å². The SMILES string of the molecule is COc1ccc(N[C@H]2CCCN(Cc3ccc4nsnc4c3)C2)cc1OC. The average Bonchev–Trinajstić information content (AvgIpc) is 3.16. The van der Waals surface area contributed by atoms with Crippen LogP contribution in [0.25, 0.3) is 11.0 Å². The van der Waals surface area contributed by atoms with Crippen LogP contribution in [-0.2, 0) is 6.54 Å². The molecule has 0 unspecified atom stereocenters. The van der Waals surface area contributed by atoms with Crippen LogP contribution in [0.4, 0.5) is 5.69 Å². The minimum atomic E-state index is 0.418. The second-order valence-electron chi connectivity index (χ2n) is 6.88. The van der Waals surface area contributed by atoms with E-state index < -0.39 is 0 Å². The van der Waals surface area contributed by atoms with Gasteiger partial charge in [-0.1, -0.05) is 6.07 Å². The van der Waals surface area contributed by atoms with Gasteiger partial charge in [0.2, 0.25) is 0 Å². The van der Waals surface area contributed by atoms with Crippen LogP contribution in [0.5, 0.6) is 11.5 Å². The molecule has 0 amide bonds. The van der Waals surface area contributed by atoms with Gasteiger partial charge in [-0.05, 0) is 49.2 Å². The summed E-state index contributed by atoms with van der Waals surface area (Å²) in [5, 5.41) is 3.65. The number of likely N-dealkylation sites (tertiary alicyclic amines) is 1. The first-order valence-corrected chi connectivity index (χ1v) is 9.90. The van der Waals surface area contributed by atoms with Crippen LogP contribution in [-0.4, -0.2) is 47.0 Å². The molecule has 1 fully saturated rings. The summed E-state index contributed by atoms with van der Waals surface area (Å²) in [5.74, 6) is 1.50. The smallest absolute Gasteiger partial charge is 0.162 e. The lowest BCUT2D eigenvalue weighted by Crippen LogP contribution is -2.41. The first-order chi connectivity index (χ1) is 13.2. The van der Waals surface area contributed by atoms with Crippen molar-refractivity contribution in [1.29, 1.82) is 0 Å². The molecule has 1 aliphatic heterocycles. The molecule has 0 spiro atoms. The van der Waals surface area contributed by atoms with Crippen molar-refractivity contribution in [1.82, 2.24) is 13.6 Å². The second-order valence-corrected chi connectivity index (χ2v) is 7.40. The van der Waals surface area contributed by atoms with Crippen molar-refractivity contribution >= 4 is 28.4 Å². The number of nitrogens with one attached hydrogen (secondary N) is 1. The van der Waals surface area contributed by atoms with E-state index in [4.69, 9.17) is 9.47 Å². The van der Waals surface area contributed by atoms with Crippen LogP contribution in [0.2, 0.25) is 0 Å². The fourth-order valence-electron chi connectivity index (χ4n) is 3.66. The maximum absolute atomic E-state index is 5.41. The fourth-order valence-corrected chi connectivity index (χ4v) is 4.18. The van der Waals surface area contributed by atoms with E-state index in [1.54, 1.807) is 14.2 Å². The molecule has 0 radical (unpaired) electrons. The van der Waals surface area contributed by atoms with E-state index >= 15 is 0 Å². The Labute approximate surface area is 163 Å². The molecule has 2 heterocycles. The molecule has 1 N–H and O–H groups in total. The van der Waals surface area contributed by atoms with Crippen molar-refractivity contribution in [2.24, 2.45) is 0 Å². The zero-order valence-electron chi connectivity index (χ0n) is 15.6. The number of anilines is 1. The minimum absolute atomic E-state index is 0.418. The number of fused-ring (bicyclic) bond motifs is 1. The van der Waals surface area contributed by atoms with Crippen molar-refractivity contribution in [2.45, 2.75) is 25.4 Å². The van der Waals surface area contributed by atoms with E-state index in [0.29, 0.717) is 6.04 Å². The molecular weight excluding hydrogens is 360 g/mol. The highest BCUT2D eigenvalue weighted by Gasteiger charge is 2.20. The van der Waals surface area contributed by atoms with Crippen LogP contribution in [0, 0.1) is 0 Å². The van der Waals surface area contributed by atoms with Gasteiger partial charge in [0.1, 0.15) is 11.0 Å². The summed E-state index contributed by atoms with van der Waals surface area (Å²) in [6.07, 6.45) is 2.35. The maximum atomic E-state index is 5.41. The highest BCUT2D eigenvalue weighted by Crippen LogP contribution is 2.30. The second kappa shape index (κ2) is 8.10. The van der Waals surface area contributed by atoms with Gasteiger partial charge < -0.3 is 14.8 Å². The molecule has 4 rings (SSSR count). The Morgan fingerprint density at radius 1 is 1.07 bits per heavy atom. The number of nitrogens with zero attached hydrogens (tertiary/aromatic N) is 3. The zero-order valence-corrected chi connectivity index (χ0v) is 16.5. The van der Waals surface area contributed by atoms with E-state index in [1.165, 1.54) is 30.1 Å². The van der Waals surface area contributed by atoms with E-state index in [-0.39, 0.29) is 0 Å². The lowest BCUT2D eigenvalue weighted by atomic mass is 10.0. The highest BCUT2D eigenvalue weighted by atomic mass is 32.1. The standard InChI is InChI=1S/C20H24N4O2S/c1-25-19-8-6-15(11-20(19)26-2)21-16-4-3-9-24(13-16)12-14-5-7-17-18(10-14)23-27-22-17/h5-8,10-11,16,21H,3-4,9,12-13H2,1-2H3/t16-/m0/s1. The normalized spacial score (nSPS) is 17.8. The number of piperidine rings is 1. The Kier molecular flexibility index (Phi) is 5.40. The quantitative estimate of drug-likeness (QED) is 0.698. The summed E-state index contributed by atoms with van der Waals surface area (Å²) < 4.78 is 19.4. The Bertz CT molecular complexity index is 914. The molecule has 0 aliphatic carbocycles. The molecule has 1 saturated heterocycles. The van der Waals surface area contributed by atoms with Crippen LogP contribution in [0.15, 0.2) is 36.4 Å². The first kappa shape index (κ1) is 18.0. The third-order valence-corrected chi connectivity index (χ3v) is 5.54. The Morgan fingerprint density at radius 3 is 2.78 bits per heavy atom. The minimum Gasteiger partial charge on any atom is -0.493 e. The van der Waals surface area contributed by atoms with Crippen molar-refractivity contribution < 1.29 is 9.47 Å². The predicted molar refractivity (Wildman–Crippen MR) is 109 cm³/mol. The van der Waals surface area contributed by atoms with Gasteiger partial charge in [-0.2, -0.15) is 8.75 Å². The molecule has 1 aliphatic rings. The molecule has 6 nitrogen and oxygen atoms in total. The highest BCUT2D eigenvalue weighted by molar-refractivity contribution is 7.00. The third-order valence-electron chi connectivity index (χ3n) is 4.98. The lowest BCUT2D eigenvalue weighted by molar-refractivity contribution is 0.208. The van der Waals surface area contributed by atoms with Gasteiger partial charge >= 0.3 is 0 Å². The van der Waals surface area contributed by atoms with Crippen LogP contribution in [0.1, 0.15) is 18.4 Å². The van der Waals surface area contributed by atoms with Gasteiger partial charge in [0.25, 0.3) is 0 Å². The largest absolute Gasteiger partial charge is 0.493 e. The van der Waals surface area contributed by atoms with Crippen molar-refractivity contribution in [3.05, 3.63) is 42.0 Å². The molecule has 0 bridgehead atoms. The van der Waals surface area contributed by atoms with Crippen LogP contribution >= 0.6 is 11.7 Å². The zero-order chi connectivity index (χ0) is 18.6. The van der Waals surface area contributed by atoms with Gasteiger partial charge in [-0.3, -0.25) is 4.90 Å². The number of aromatic nitrogens is 2. The Hall–Kier alpha value is -2.38. The summed E-state index contributed by atoms with van der Waals surface area (Å²) in [4.78, 5) is 2.50. The molecule has 3 aromatic rings. The number of methoxy groups -OCH3 is 2. The van der Waals surface area contributed by atoms with E-state index in [9.17, 15) is 0 Å². The number of hydrogen-bond acceptors (Lipinski definition) is 7. The monoisotopic (exact) mass is 384 g/mol. The van der Waals surface area contributed by atoms with Gasteiger partial charge in [0.15, 0.2) is 11.5 Å². The molecule has 1 aromatic heterocycles. The molecule has 2 aromatic carbocycles. The molecule has 0 saturated carbocycles. The van der Waals surface area contributed by atoms with Crippen LogP contribution < -0.4 is 14.8 Å². The van der Waals surface area contributed by atoms with E-state index in [1.807, 2.05) is 18.2 Å². The molecule has 1 atom stereocenters. The topological polar surface area (TPSA) is 59.5 Å². The van der Waals surface area contributed by atoms with Crippen LogP contribution in [0.3, 0.4) is 0 Å². The van der Waals surface area contributed by atoms with Crippen molar-refractivity contribution in [3.63, 3.8) is 0 Å². The number of benzene rings is 2.